The molecule has 2 N–H and O–H groups in total. The minimum absolute atomic E-state index is 0.244. The Morgan fingerprint density at radius 3 is 2.60 bits per heavy atom. The lowest BCUT2D eigenvalue weighted by atomic mass is 10.1. The van der Waals surface area contributed by atoms with Gasteiger partial charge in [0.1, 0.15) is 5.82 Å². The van der Waals surface area contributed by atoms with Gasteiger partial charge in [-0.25, -0.2) is 9.18 Å². The molecular weight excluding hydrogens is 257 g/mol. The van der Waals surface area contributed by atoms with E-state index in [-0.39, 0.29) is 11.8 Å². The Balaban J connectivity index is 1.69. The number of hydrogen-bond donors (Lipinski definition) is 2. The molecule has 0 fully saturated rings. The maximum absolute atomic E-state index is 13.3. The number of carbonyl (C=O) groups excluding carboxylic acids is 1. The second-order valence-electron chi connectivity index (χ2n) is 4.31. The summed E-state index contributed by atoms with van der Waals surface area (Å²) in [6.07, 6.45) is 3.82. The van der Waals surface area contributed by atoms with Crippen molar-refractivity contribution in [1.29, 1.82) is 0 Å². The summed E-state index contributed by atoms with van der Waals surface area (Å²) >= 11 is 0. The first-order valence-electron chi connectivity index (χ1n) is 6.40. The lowest BCUT2D eigenvalue weighted by molar-refractivity contribution is 0.240. The van der Waals surface area contributed by atoms with Crippen molar-refractivity contribution < 1.29 is 9.18 Å². The van der Waals surface area contributed by atoms with Crippen LogP contribution in [0.3, 0.4) is 0 Å². The van der Waals surface area contributed by atoms with Crippen LogP contribution >= 0.6 is 0 Å². The largest absolute Gasteiger partial charge is 0.338 e. The van der Waals surface area contributed by atoms with Crippen molar-refractivity contribution in [2.45, 2.75) is 13.0 Å². The van der Waals surface area contributed by atoms with Crippen molar-refractivity contribution in [2.24, 2.45) is 0 Å². The van der Waals surface area contributed by atoms with E-state index in [0.717, 1.165) is 5.56 Å². The highest BCUT2D eigenvalue weighted by Gasteiger charge is 2.03. The molecule has 2 rings (SSSR count). The number of rotatable bonds is 5. The summed E-state index contributed by atoms with van der Waals surface area (Å²) in [5.74, 6) is -0.244. The highest BCUT2D eigenvalue weighted by molar-refractivity contribution is 5.73. The molecule has 0 bridgehead atoms. The summed E-state index contributed by atoms with van der Waals surface area (Å²) in [6, 6.07) is 9.96. The SMILES string of the molecule is O=C(NCCc1ccccc1F)NCc1ccncc1. The van der Waals surface area contributed by atoms with E-state index < -0.39 is 0 Å². The summed E-state index contributed by atoms with van der Waals surface area (Å²) in [5, 5.41) is 5.42. The highest BCUT2D eigenvalue weighted by Crippen LogP contribution is 2.06. The Bertz CT molecular complexity index is 560. The van der Waals surface area contributed by atoms with Gasteiger partial charge < -0.3 is 10.6 Å². The Hall–Kier alpha value is -2.43. The number of benzene rings is 1. The number of carbonyl (C=O) groups is 1. The first-order valence-corrected chi connectivity index (χ1v) is 6.40. The van der Waals surface area contributed by atoms with Gasteiger partial charge in [-0.3, -0.25) is 4.98 Å². The van der Waals surface area contributed by atoms with Crippen molar-refractivity contribution in [1.82, 2.24) is 15.6 Å². The second kappa shape index (κ2) is 7.23. The lowest BCUT2D eigenvalue weighted by Gasteiger charge is -2.08. The molecule has 0 spiro atoms. The monoisotopic (exact) mass is 273 g/mol. The van der Waals surface area contributed by atoms with Gasteiger partial charge in [0.2, 0.25) is 0 Å². The van der Waals surface area contributed by atoms with Crippen LogP contribution in [0.4, 0.5) is 9.18 Å². The molecule has 0 saturated heterocycles. The molecule has 4 nitrogen and oxygen atoms in total. The highest BCUT2D eigenvalue weighted by atomic mass is 19.1. The predicted octanol–water partition coefficient (Wildman–Crippen LogP) is 2.26. The Morgan fingerprint density at radius 1 is 1.10 bits per heavy atom. The Morgan fingerprint density at radius 2 is 1.85 bits per heavy atom. The van der Waals surface area contributed by atoms with E-state index in [0.29, 0.717) is 25.1 Å². The van der Waals surface area contributed by atoms with E-state index in [9.17, 15) is 9.18 Å². The van der Waals surface area contributed by atoms with Gasteiger partial charge in [-0.05, 0) is 35.7 Å². The zero-order chi connectivity index (χ0) is 14.2. The van der Waals surface area contributed by atoms with Gasteiger partial charge in [-0.2, -0.15) is 0 Å². The minimum Gasteiger partial charge on any atom is -0.338 e. The maximum Gasteiger partial charge on any atom is 0.315 e. The molecule has 20 heavy (non-hydrogen) atoms. The lowest BCUT2D eigenvalue weighted by Crippen LogP contribution is -2.36. The zero-order valence-electron chi connectivity index (χ0n) is 11.0. The first-order chi connectivity index (χ1) is 9.75. The van der Waals surface area contributed by atoms with Crippen molar-refractivity contribution in [3.05, 3.63) is 65.7 Å². The standard InChI is InChI=1S/C15H16FN3O/c16-14-4-2-1-3-13(14)7-10-18-15(20)19-11-12-5-8-17-9-6-12/h1-6,8-9H,7,10-11H2,(H2,18,19,20). The fourth-order valence-electron chi connectivity index (χ4n) is 1.76. The number of amides is 2. The molecule has 2 amide bonds. The fourth-order valence-corrected chi connectivity index (χ4v) is 1.76. The predicted molar refractivity (Wildman–Crippen MR) is 74.6 cm³/mol. The van der Waals surface area contributed by atoms with Crippen molar-refractivity contribution in [3.63, 3.8) is 0 Å². The van der Waals surface area contributed by atoms with E-state index in [2.05, 4.69) is 15.6 Å². The number of hydrogen-bond acceptors (Lipinski definition) is 2. The third-order valence-electron chi connectivity index (χ3n) is 2.84. The summed E-state index contributed by atoms with van der Waals surface area (Å²) in [7, 11) is 0. The van der Waals surface area contributed by atoms with Crippen LogP contribution in [0.15, 0.2) is 48.8 Å². The van der Waals surface area contributed by atoms with Crippen LogP contribution in [0.2, 0.25) is 0 Å². The van der Waals surface area contributed by atoms with Gasteiger partial charge in [0.15, 0.2) is 0 Å². The molecule has 0 unspecified atom stereocenters. The second-order valence-corrected chi connectivity index (χ2v) is 4.31. The molecule has 0 aliphatic heterocycles. The quantitative estimate of drug-likeness (QED) is 0.878. The summed E-state index contributed by atoms with van der Waals surface area (Å²) in [6.45, 7) is 0.831. The van der Waals surface area contributed by atoms with Gasteiger partial charge in [0.05, 0.1) is 0 Å². The van der Waals surface area contributed by atoms with E-state index in [1.54, 1.807) is 30.6 Å². The number of urea groups is 1. The van der Waals surface area contributed by atoms with Gasteiger partial charge in [0, 0.05) is 25.5 Å². The van der Waals surface area contributed by atoms with Crippen LogP contribution in [0.5, 0.6) is 0 Å². The van der Waals surface area contributed by atoms with Gasteiger partial charge >= 0.3 is 6.03 Å². The average Bonchev–Trinajstić information content (AvgIpc) is 2.48. The first kappa shape index (κ1) is 14.0. The number of halogens is 1. The molecule has 0 aliphatic carbocycles. The van der Waals surface area contributed by atoms with E-state index >= 15 is 0 Å². The number of aromatic nitrogens is 1. The topological polar surface area (TPSA) is 54.0 Å². The van der Waals surface area contributed by atoms with Crippen LogP contribution in [0.1, 0.15) is 11.1 Å². The summed E-state index contributed by atoms with van der Waals surface area (Å²) in [4.78, 5) is 15.5. The normalized spacial score (nSPS) is 10.1. The molecular formula is C15H16FN3O. The summed E-state index contributed by atoms with van der Waals surface area (Å²) < 4.78 is 13.3. The smallest absolute Gasteiger partial charge is 0.315 e. The van der Waals surface area contributed by atoms with Crippen LogP contribution in [-0.2, 0) is 13.0 Å². The molecule has 0 atom stereocenters. The van der Waals surface area contributed by atoms with E-state index in [1.807, 2.05) is 12.1 Å². The molecule has 1 heterocycles. The van der Waals surface area contributed by atoms with Crippen LogP contribution in [0, 0.1) is 5.82 Å². The molecule has 5 heteroatoms. The van der Waals surface area contributed by atoms with Crippen LogP contribution < -0.4 is 10.6 Å². The van der Waals surface area contributed by atoms with Gasteiger partial charge in [0.25, 0.3) is 0 Å². The van der Waals surface area contributed by atoms with Crippen LogP contribution in [-0.4, -0.2) is 17.6 Å². The van der Waals surface area contributed by atoms with E-state index in [1.165, 1.54) is 6.07 Å². The molecule has 1 aromatic carbocycles. The maximum atomic E-state index is 13.3. The number of nitrogens with one attached hydrogen (secondary N) is 2. The van der Waals surface area contributed by atoms with Gasteiger partial charge in [-0.15, -0.1) is 0 Å². The van der Waals surface area contributed by atoms with Crippen molar-refractivity contribution in [2.75, 3.05) is 6.54 Å². The Labute approximate surface area is 117 Å². The molecule has 0 radical (unpaired) electrons. The van der Waals surface area contributed by atoms with Crippen molar-refractivity contribution in [3.8, 4) is 0 Å². The van der Waals surface area contributed by atoms with Crippen molar-refractivity contribution >= 4 is 6.03 Å². The third-order valence-corrected chi connectivity index (χ3v) is 2.84. The molecule has 0 saturated carbocycles. The fraction of sp³-hybridized carbons (Fsp3) is 0.200. The van der Waals surface area contributed by atoms with E-state index in [4.69, 9.17) is 0 Å². The Kier molecular flexibility index (Phi) is 5.06. The van der Waals surface area contributed by atoms with Crippen LogP contribution in [0.25, 0.3) is 0 Å². The molecule has 104 valence electrons. The average molecular weight is 273 g/mol. The molecule has 0 aliphatic rings. The minimum atomic E-state index is -0.266. The molecule has 1 aromatic heterocycles. The summed E-state index contributed by atoms with van der Waals surface area (Å²) in [5.41, 5.74) is 1.58. The van der Waals surface area contributed by atoms with Gasteiger partial charge in [-0.1, -0.05) is 18.2 Å². The zero-order valence-corrected chi connectivity index (χ0v) is 11.0. The number of pyridine rings is 1. The third kappa shape index (κ3) is 4.35. The number of nitrogens with zero attached hydrogens (tertiary/aromatic N) is 1. The molecule has 2 aromatic rings.